The minimum absolute atomic E-state index is 0.557. The molecule has 0 unspecified atom stereocenters. The number of benzene rings is 1. The van der Waals surface area contributed by atoms with Crippen LogP contribution in [-0.4, -0.2) is 13.2 Å². The van der Waals surface area contributed by atoms with E-state index < -0.39 is 0 Å². The molecule has 2 nitrogen and oxygen atoms in total. The Kier molecular flexibility index (Phi) is 4.91. The lowest BCUT2D eigenvalue weighted by molar-refractivity contribution is 0.328. The van der Waals surface area contributed by atoms with Gasteiger partial charge in [0, 0.05) is 11.7 Å². The second kappa shape index (κ2) is 6.67. The van der Waals surface area contributed by atoms with Crippen molar-refractivity contribution in [3.8, 4) is 5.75 Å². The maximum absolute atomic E-state index is 5.17. The van der Waals surface area contributed by atoms with Gasteiger partial charge in [0.1, 0.15) is 5.75 Å². The van der Waals surface area contributed by atoms with Crippen molar-refractivity contribution in [2.75, 3.05) is 12.4 Å². The van der Waals surface area contributed by atoms with Crippen LogP contribution in [0.5, 0.6) is 5.75 Å². The number of anilines is 1. The highest BCUT2D eigenvalue weighted by atomic mass is 16.5. The molecule has 0 aromatic heterocycles. The number of nitrogens with one attached hydrogen (secondary N) is 1. The largest absolute Gasteiger partial charge is 0.497 e. The van der Waals surface area contributed by atoms with Crippen molar-refractivity contribution >= 4 is 5.69 Å². The van der Waals surface area contributed by atoms with Gasteiger partial charge in [-0.3, -0.25) is 0 Å². The van der Waals surface area contributed by atoms with Gasteiger partial charge in [-0.1, -0.05) is 32.1 Å². The van der Waals surface area contributed by atoms with Crippen LogP contribution in [0.4, 0.5) is 5.69 Å². The van der Waals surface area contributed by atoms with Crippen LogP contribution in [0.2, 0.25) is 0 Å². The molecule has 0 aliphatic heterocycles. The molecule has 0 spiro atoms. The van der Waals surface area contributed by atoms with Crippen molar-refractivity contribution < 1.29 is 4.74 Å². The van der Waals surface area contributed by atoms with E-state index in [-0.39, 0.29) is 0 Å². The monoisotopic (exact) mass is 247 g/mol. The van der Waals surface area contributed by atoms with Gasteiger partial charge >= 0.3 is 0 Å². The molecule has 1 atom stereocenters. The Balaban J connectivity index is 1.80. The lowest BCUT2D eigenvalue weighted by Crippen LogP contribution is -2.20. The molecular weight excluding hydrogens is 222 g/mol. The molecule has 0 heterocycles. The van der Waals surface area contributed by atoms with E-state index in [1.54, 1.807) is 7.11 Å². The van der Waals surface area contributed by atoms with E-state index in [9.17, 15) is 0 Å². The van der Waals surface area contributed by atoms with Gasteiger partial charge in [-0.2, -0.15) is 0 Å². The molecule has 0 radical (unpaired) electrons. The highest BCUT2D eigenvalue weighted by Gasteiger charge is 2.16. The van der Waals surface area contributed by atoms with Crippen LogP contribution in [0.15, 0.2) is 24.3 Å². The van der Waals surface area contributed by atoms with Crippen LogP contribution < -0.4 is 10.1 Å². The molecule has 2 heteroatoms. The maximum atomic E-state index is 5.17. The van der Waals surface area contributed by atoms with E-state index in [1.165, 1.54) is 44.2 Å². The van der Waals surface area contributed by atoms with Crippen LogP contribution in [0, 0.1) is 5.92 Å². The van der Waals surface area contributed by atoms with Gasteiger partial charge in [-0.25, -0.2) is 0 Å². The first-order valence-corrected chi connectivity index (χ1v) is 7.18. The summed E-state index contributed by atoms with van der Waals surface area (Å²) in [4.78, 5) is 0. The molecule has 1 N–H and O–H groups in total. The zero-order chi connectivity index (χ0) is 12.8. The summed E-state index contributed by atoms with van der Waals surface area (Å²) >= 11 is 0. The Morgan fingerprint density at radius 1 is 1.17 bits per heavy atom. The van der Waals surface area contributed by atoms with E-state index >= 15 is 0 Å². The van der Waals surface area contributed by atoms with Crippen molar-refractivity contribution in [2.24, 2.45) is 5.92 Å². The molecule has 0 saturated heterocycles. The highest BCUT2D eigenvalue weighted by Crippen LogP contribution is 2.28. The molecule has 1 aromatic rings. The third-order valence-electron chi connectivity index (χ3n) is 3.91. The quantitative estimate of drug-likeness (QED) is 0.829. The summed E-state index contributed by atoms with van der Waals surface area (Å²) in [5.74, 6) is 1.85. The highest BCUT2D eigenvalue weighted by molar-refractivity contribution is 5.46. The van der Waals surface area contributed by atoms with Crippen molar-refractivity contribution in [1.29, 1.82) is 0 Å². The molecule has 100 valence electrons. The van der Waals surface area contributed by atoms with Crippen molar-refractivity contribution in [2.45, 2.75) is 51.5 Å². The molecule has 1 saturated carbocycles. The Hall–Kier alpha value is -1.18. The Labute approximate surface area is 111 Å². The number of rotatable bonds is 5. The summed E-state index contributed by atoms with van der Waals surface area (Å²) < 4.78 is 5.17. The smallest absolute Gasteiger partial charge is 0.119 e. The number of hydrogen-bond acceptors (Lipinski definition) is 2. The average molecular weight is 247 g/mol. The van der Waals surface area contributed by atoms with E-state index in [2.05, 4.69) is 24.4 Å². The third-order valence-corrected chi connectivity index (χ3v) is 3.91. The third kappa shape index (κ3) is 3.94. The number of methoxy groups -OCH3 is 1. The fraction of sp³-hybridized carbons (Fsp3) is 0.625. The van der Waals surface area contributed by atoms with E-state index in [0.29, 0.717) is 6.04 Å². The van der Waals surface area contributed by atoms with Gasteiger partial charge < -0.3 is 10.1 Å². The maximum Gasteiger partial charge on any atom is 0.119 e. The lowest BCUT2D eigenvalue weighted by Gasteiger charge is -2.25. The van der Waals surface area contributed by atoms with Crippen molar-refractivity contribution in [3.05, 3.63) is 24.3 Å². The second-order valence-corrected chi connectivity index (χ2v) is 5.51. The first kappa shape index (κ1) is 13.3. The van der Waals surface area contributed by atoms with Gasteiger partial charge in [0.05, 0.1) is 7.11 Å². The summed E-state index contributed by atoms with van der Waals surface area (Å²) in [7, 11) is 1.70. The Morgan fingerprint density at radius 3 is 2.44 bits per heavy atom. The molecule has 1 aliphatic carbocycles. The zero-order valence-electron chi connectivity index (χ0n) is 11.6. The SMILES string of the molecule is COc1ccc(N[C@H](C)CC2CCCCC2)cc1. The summed E-state index contributed by atoms with van der Waals surface area (Å²) in [5.41, 5.74) is 1.19. The van der Waals surface area contributed by atoms with Crippen LogP contribution in [0.3, 0.4) is 0 Å². The minimum Gasteiger partial charge on any atom is -0.497 e. The molecule has 2 rings (SSSR count). The first-order valence-electron chi connectivity index (χ1n) is 7.18. The van der Waals surface area contributed by atoms with Gasteiger partial charge in [0.25, 0.3) is 0 Å². The number of hydrogen-bond donors (Lipinski definition) is 1. The predicted molar refractivity (Wildman–Crippen MR) is 77.3 cm³/mol. The molecule has 0 bridgehead atoms. The summed E-state index contributed by atoms with van der Waals surface area (Å²) in [6, 6.07) is 8.76. The molecule has 1 aliphatic rings. The number of ether oxygens (including phenoxy) is 1. The average Bonchev–Trinajstić information content (AvgIpc) is 2.40. The fourth-order valence-electron chi connectivity index (χ4n) is 2.95. The van der Waals surface area contributed by atoms with Crippen molar-refractivity contribution in [3.63, 3.8) is 0 Å². The van der Waals surface area contributed by atoms with E-state index in [4.69, 9.17) is 4.74 Å². The van der Waals surface area contributed by atoms with Gasteiger partial charge in [0.15, 0.2) is 0 Å². The van der Waals surface area contributed by atoms with E-state index in [0.717, 1.165) is 11.7 Å². The summed E-state index contributed by atoms with van der Waals surface area (Å²) in [5, 5.41) is 3.58. The van der Waals surface area contributed by atoms with Crippen LogP contribution in [0.25, 0.3) is 0 Å². The zero-order valence-corrected chi connectivity index (χ0v) is 11.6. The van der Waals surface area contributed by atoms with Gasteiger partial charge in [0.2, 0.25) is 0 Å². The van der Waals surface area contributed by atoms with Crippen LogP contribution in [-0.2, 0) is 0 Å². The predicted octanol–water partition coefficient (Wildman–Crippen LogP) is 4.47. The van der Waals surface area contributed by atoms with Gasteiger partial charge in [-0.05, 0) is 43.5 Å². The Bertz CT molecular complexity index is 341. The second-order valence-electron chi connectivity index (χ2n) is 5.51. The Morgan fingerprint density at radius 2 is 1.83 bits per heavy atom. The van der Waals surface area contributed by atoms with E-state index in [1.807, 2.05) is 12.1 Å². The molecule has 0 amide bonds. The minimum atomic E-state index is 0.557. The normalized spacial score (nSPS) is 18.3. The summed E-state index contributed by atoms with van der Waals surface area (Å²) in [6.07, 6.45) is 8.45. The standard InChI is InChI=1S/C16H25NO/c1-13(12-14-6-4-3-5-7-14)17-15-8-10-16(18-2)11-9-15/h8-11,13-14,17H,3-7,12H2,1-2H3/t13-/m1/s1. The van der Waals surface area contributed by atoms with Crippen molar-refractivity contribution in [1.82, 2.24) is 0 Å². The van der Waals surface area contributed by atoms with Crippen LogP contribution in [0.1, 0.15) is 45.4 Å². The van der Waals surface area contributed by atoms with Gasteiger partial charge in [-0.15, -0.1) is 0 Å². The molecule has 1 fully saturated rings. The fourth-order valence-corrected chi connectivity index (χ4v) is 2.95. The lowest BCUT2D eigenvalue weighted by atomic mass is 9.85. The van der Waals surface area contributed by atoms with Crippen LogP contribution >= 0.6 is 0 Å². The molecule has 18 heavy (non-hydrogen) atoms. The first-order chi connectivity index (χ1) is 8.78. The molecule has 1 aromatic carbocycles. The topological polar surface area (TPSA) is 21.3 Å². The summed E-state index contributed by atoms with van der Waals surface area (Å²) in [6.45, 7) is 2.29. The molecular formula is C16H25NO.